The molecule has 21 heavy (non-hydrogen) atoms. The van der Waals surface area contributed by atoms with Crippen LogP contribution in [0.2, 0.25) is 5.02 Å². The van der Waals surface area contributed by atoms with E-state index in [9.17, 15) is 4.79 Å². The van der Waals surface area contributed by atoms with Crippen LogP contribution < -0.4 is 4.74 Å². The molecular formula is C15H10BrClN2O2. The molecule has 106 valence electrons. The van der Waals surface area contributed by atoms with E-state index in [1.165, 1.54) is 6.92 Å². The molecular weight excluding hydrogens is 356 g/mol. The number of fused-ring (bicyclic) bond motifs is 1. The lowest BCUT2D eigenvalue weighted by Crippen LogP contribution is -2.01. The first-order valence-corrected chi connectivity index (χ1v) is 7.33. The number of nitrogens with zero attached hydrogens (tertiary/aromatic N) is 2. The molecule has 0 saturated carbocycles. The van der Waals surface area contributed by atoms with Crippen LogP contribution in [0.5, 0.6) is 5.75 Å². The van der Waals surface area contributed by atoms with Crippen molar-refractivity contribution in [2.75, 3.05) is 0 Å². The lowest BCUT2D eigenvalue weighted by Gasteiger charge is -2.03. The molecule has 2 aromatic carbocycles. The second-order valence-electron chi connectivity index (χ2n) is 4.49. The quantitative estimate of drug-likeness (QED) is 0.500. The van der Waals surface area contributed by atoms with Gasteiger partial charge in [0.25, 0.3) is 0 Å². The van der Waals surface area contributed by atoms with Crippen molar-refractivity contribution < 1.29 is 9.53 Å². The molecule has 0 spiro atoms. The van der Waals surface area contributed by atoms with E-state index in [2.05, 4.69) is 21.0 Å². The molecule has 4 nitrogen and oxygen atoms in total. The molecule has 0 unspecified atom stereocenters. The minimum atomic E-state index is -0.343. The van der Waals surface area contributed by atoms with Crippen LogP contribution in [0.25, 0.3) is 16.6 Å². The summed E-state index contributed by atoms with van der Waals surface area (Å²) in [6, 6.07) is 10.9. The first-order chi connectivity index (χ1) is 10.0. The lowest BCUT2D eigenvalue weighted by molar-refractivity contribution is -0.131. The Morgan fingerprint density at radius 3 is 2.67 bits per heavy atom. The molecule has 3 rings (SSSR count). The highest BCUT2D eigenvalue weighted by Crippen LogP contribution is 2.28. The van der Waals surface area contributed by atoms with Crippen LogP contribution in [0.3, 0.4) is 0 Å². The molecule has 0 radical (unpaired) electrons. The van der Waals surface area contributed by atoms with E-state index < -0.39 is 0 Å². The van der Waals surface area contributed by atoms with Crippen molar-refractivity contribution in [3.8, 4) is 11.4 Å². The fraction of sp³-hybridized carbons (Fsp3) is 0.0667. The zero-order valence-corrected chi connectivity index (χ0v) is 13.4. The number of halogens is 2. The fourth-order valence-corrected chi connectivity index (χ4v) is 2.90. The second-order valence-corrected chi connectivity index (χ2v) is 5.81. The van der Waals surface area contributed by atoms with Crippen molar-refractivity contribution in [2.24, 2.45) is 0 Å². The highest BCUT2D eigenvalue weighted by Gasteiger charge is 2.08. The third-order valence-corrected chi connectivity index (χ3v) is 3.64. The molecule has 0 amide bonds. The first kappa shape index (κ1) is 14.1. The first-order valence-electron chi connectivity index (χ1n) is 6.16. The SMILES string of the molecule is CC(=O)Oc1ccc(-n2cc3cc(Br)cc(Cl)c3n2)cc1. The highest BCUT2D eigenvalue weighted by molar-refractivity contribution is 9.10. The van der Waals surface area contributed by atoms with Gasteiger partial charge in [0, 0.05) is 23.0 Å². The van der Waals surface area contributed by atoms with E-state index in [1.807, 2.05) is 30.5 Å². The number of hydrogen-bond acceptors (Lipinski definition) is 3. The Labute approximate surface area is 134 Å². The Bertz CT molecular complexity index is 828. The Morgan fingerprint density at radius 1 is 1.29 bits per heavy atom. The summed E-state index contributed by atoms with van der Waals surface area (Å²) in [5.41, 5.74) is 1.60. The van der Waals surface area contributed by atoms with Crippen LogP contribution in [0.4, 0.5) is 0 Å². The van der Waals surface area contributed by atoms with Gasteiger partial charge in [0.05, 0.1) is 10.7 Å². The minimum absolute atomic E-state index is 0.343. The van der Waals surface area contributed by atoms with Crippen molar-refractivity contribution >= 4 is 44.4 Å². The van der Waals surface area contributed by atoms with E-state index in [1.54, 1.807) is 16.8 Å². The number of benzene rings is 2. The van der Waals surface area contributed by atoms with Gasteiger partial charge in [-0.05, 0) is 36.4 Å². The molecule has 0 atom stereocenters. The van der Waals surface area contributed by atoms with Gasteiger partial charge < -0.3 is 4.74 Å². The van der Waals surface area contributed by atoms with Crippen molar-refractivity contribution in [2.45, 2.75) is 6.92 Å². The molecule has 1 heterocycles. The number of carbonyl (C=O) groups is 1. The third kappa shape index (κ3) is 2.94. The molecule has 1 aromatic heterocycles. The largest absolute Gasteiger partial charge is 0.427 e. The summed E-state index contributed by atoms with van der Waals surface area (Å²) in [4.78, 5) is 10.9. The maximum absolute atomic E-state index is 10.9. The van der Waals surface area contributed by atoms with Gasteiger partial charge in [0.1, 0.15) is 11.3 Å². The van der Waals surface area contributed by atoms with Gasteiger partial charge in [-0.25, -0.2) is 4.68 Å². The summed E-state index contributed by atoms with van der Waals surface area (Å²) in [6.07, 6.45) is 1.90. The summed E-state index contributed by atoms with van der Waals surface area (Å²) in [7, 11) is 0. The molecule has 0 N–H and O–H groups in total. The van der Waals surface area contributed by atoms with E-state index >= 15 is 0 Å². The monoisotopic (exact) mass is 364 g/mol. The predicted molar refractivity (Wildman–Crippen MR) is 85.1 cm³/mol. The number of hydrogen-bond donors (Lipinski definition) is 0. The summed E-state index contributed by atoms with van der Waals surface area (Å²) in [5.74, 6) is 0.160. The van der Waals surface area contributed by atoms with Gasteiger partial charge in [-0.3, -0.25) is 4.79 Å². The zero-order chi connectivity index (χ0) is 15.0. The smallest absolute Gasteiger partial charge is 0.308 e. The molecule has 0 fully saturated rings. The van der Waals surface area contributed by atoms with Crippen LogP contribution in [0.15, 0.2) is 47.1 Å². The average molecular weight is 366 g/mol. The summed E-state index contributed by atoms with van der Waals surface area (Å²) in [6.45, 7) is 1.37. The topological polar surface area (TPSA) is 44.1 Å². The molecule has 0 bridgehead atoms. The Morgan fingerprint density at radius 2 is 2.00 bits per heavy atom. The van der Waals surface area contributed by atoms with Crippen LogP contribution in [0.1, 0.15) is 6.92 Å². The van der Waals surface area contributed by atoms with Gasteiger partial charge in [0.2, 0.25) is 0 Å². The maximum atomic E-state index is 10.9. The number of aromatic nitrogens is 2. The Balaban J connectivity index is 2.00. The third-order valence-electron chi connectivity index (χ3n) is 2.89. The van der Waals surface area contributed by atoms with E-state index in [-0.39, 0.29) is 5.97 Å². The van der Waals surface area contributed by atoms with Gasteiger partial charge in [-0.2, -0.15) is 5.10 Å². The molecule has 0 aliphatic rings. The van der Waals surface area contributed by atoms with Gasteiger partial charge in [-0.1, -0.05) is 27.5 Å². The standard InChI is InChI=1S/C15H10BrClN2O2/c1-9(20)21-13-4-2-12(3-5-13)19-8-10-6-11(16)7-14(17)15(10)18-19/h2-8H,1H3. The Kier molecular flexibility index (Phi) is 3.69. The predicted octanol–water partition coefficient (Wildman–Crippen LogP) is 4.37. The molecule has 0 saturated heterocycles. The van der Waals surface area contributed by atoms with Crippen LogP contribution >= 0.6 is 27.5 Å². The molecule has 3 aromatic rings. The maximum Gasteiger partial charge on any atom is 0.308 e. The van der Waals surface area contributed by atoms with Crippen LogP contribution in [-0.4, -0.2) is 15.7 Å². The summed E-state index contributed by atoms with van der Waals surface area (Å²) in [5, 5.41) is 6.01. The van der Waals surface area contributed by atoms with Crippen molar-refractivity contribution in [3.05, 3.63) is 52.1 Å². The van der Waals surface area contributed by atoms with E-state index in [0.717, 1.165) is 21.1 Å². The number of rotatable bonds is 2. The van der Waals surface area contributed by atoms with Crippen LogP contribution in [0, 0.1) is 0 Å². The number of carbonyl (C=O) groups excluding carboxylic acids is 1. The normalized spacial score (nSPS) is 10.8. The lowest BCUT2D eigenvalue weighted by atomic mass is 10.2. The van der Waals surface area contributed by atoms with Gasteiger partial charge in [0.15, 0.2) is 0 Å². The zero-order valence-electron chi connectivity index (χ0n) is 11.0. The molecule has 0 aliphatic heterocycles. The summed E-state index contributed by atoms with van der Waals surface area (Å²) >= 11 is 9.59. The second kappa shape index (κ2) is 5.50. The van der Waals surface area contributed by atoms with Gasteiger partial charge in [-0.15, -0.1) is 0 Å². The van der Waals surface area contributed by atoms with Crippen molar-refractivity contribution in [3.63, 3.8) is 0 Å². The Hall–Kier alpha value is -1.85. The fourth-order valence-electron chi connectivity index (χ4n) is 2.02. The van der Waals surface area contributed by atoms with E-state index in [4.69, 9.17) is 16.3 Å². The summed E-state index contributed by atoms with van der Waals surface area (Å²) < 4.78 is 7.65. The minimum Gasteiger partial charge on any atom is -0.427 e. The van der Waals surface area contributed by atoms with E-state index in [0.29, 0.717) is 10.8 Å². The van der Waals surface area contributed by atoms with Crippen molar-refractivity contribution in [1.29, 1.82) is 0 Å². The van der Waals surface area contributed by atoms with Crippen LogP contribution in [-0.2, 0) is 4.79 Å². The highest BCUT2D eigenvalue weighted by atomic mass is 79.9. The van der Waals surface area contributed by atoms with Gasteiger partial charge >= 0.3 is 5.97 Å². The number of esters is 1. The van der Waals surface area contributed by atoms with Crippen molar-refractivity contribution in [1.82, 2.24) is 9.78 Å². The molecule has 6 heteroatoms. The average Bonchev–Trinajstić information content (AvgIpc) is 2.83. The molecule has 0 aliphatic carbocycles. The number of ether oxygens (including phenoxy) is 1.